The van der Waals surface area contributed by atoms with E-state index in [-0.39, 0.29) is 60.9 Å². The van der Waals surface area contributed by atoms with Crippen LogP contribution in [0.25, 0.3) is 0 Å². The van der Waals surface area contributed by atoms with Gasteiger partial charge in [0.15, 0.2) is 5.79 Å². The molecule has 58 heavy (non-hydrogen) atoms. The molecule has 0 saturated carbocycles. The number of piperidine rings is 1. The first kappa shape index (κ1) is 47.7. The first-order chi connectivity index (χ1) is 27.5. The van der Waals surface area contributed by atoms with E-state index in [4.69, 9.17) is 14.2 Å². The van der Waals surface area contributed by atoms with Gasteiger partial charge in [0.05, 0.1) is 24.7 Å². The molecule has 0 radical (unpaired) electrons. The summed E-state index contributed by atoms with van der Waals surface area (Å²) in [4.78, 5) is 56.8. The summed E-state index contributed by atoms with van der Waals surface area (Å²) in [5.41, 5.74) is 1.28. The Labute approximate surface area is 347 Å². The summed E-state index contributed by atoms with van der Waals surface area (Å²) in [7, 11) is 0. The first-order valence-electron chi connectivity index (χ1n) is 22.1. The highest BCUT2D eigenvalue weighted by molar-refractivity contribution is 5.86. The summed E-state index contributed by atoms with van der Waals surface area (Å²) in [6, 6.07) is -0.862. The maximum Gasteiger partial charge on any atom is 0.329 e. The van der Waals surface area contributed by atoms with Crippen LogP contribution >= 0.6 is 0 Å². The van der Waals surface area contributed by atoms with Gasteiger partial charge in [0.1, 0.15) is 23.7 Å². The number of ether oxygens (including phenoxy) is 3. The second-order valence-electron chi connectivity index (χ2n) is 18.2. The van der Waals surface area contributed by atoms with Crippen LogP contribution in [0.5, 0.6) is 0 Å². The second-order valence-corrected chi connectivity index (χ2v) is 18.2. The average Bonchev–Trinajstić information content (AvgIpc) is 3.18. The molecule has 3 N–H and O–H groups in total. The molecule has 0 spiro atoms. The van der Waals surface area contributed by atoms with Crippen LogP contribution in [-0.4, -0.2) is 99.7 Å². The van der Waals surface area contributed by atoms with E-state index in [1.165, 1.54) is 4.90 Å². The molecule has 4 rings (SSSR count). The molecule has 4 aliphatic rings. The number of aliphatic hydroxyl groups is 3. The van der Waals surface area contributed by atoms with E-state index < -0.39 is 54.0 Å². The number of hydrogen-bond donors (Lipinski definition) is 3. The predicted molar refractivity (Wildman–Crippen MR) is 223 cm³/mol. The van der Waals surface area contributed by atoms with Gasteiger partial charge < -0.3 is 34.4 Å². The zero-order valence-electron chi connectivity index (χ0n) is 36.3. The number of hydrogen-bond acceptors (Lipinski definition) is 10. The monoisotopic (exact) mass is 812 g/mol. The van der Waals surface area contributed by atoms with Crippen molar-refractivity contribution in [3.05, 3.63) is 47.6 Å². The number of rotatable bonds is 3. The molecule has 0 aromatic rings. The molecular formula is C47H73NO10. The lowest BCUT2D eigenvalue weighted by Crippen LogP contribution is -2.54. The number of amides is 1. The average molecular weight is 812 g/mol. The number of Topliss-reactive ketones (excluding diaryl/α,β-unsaturated/α-hetero) is 2. The van der Waals surface area contributed by atoms with Crippen LogP contribution < -0.4 is 0 Å². The van der Waals surface area contributed by atoms with E-state index in [1.54, 1.807) is 19.9 Å². The van der Waals surface area contributed by atoms with Crippen molar-refractivity contribution in [2.75, 3.05) is 19.8 Å². The number of esters is 1. The standard InChI is InChI=1S/C47H73NO10/c1-30-13-9-8-10-14-31(2)40(49)26-38-17-16-36(7)47(55,58-38)29-45(53)48-20-12-11-15-39(48)46(54)57-44(35(6)25-37-18-21-56-22-19-37)28-43(52)34(5)24-33(4)42(51)27-41(50)32(3)23-30/h8-10,13-14,24,30,32,34-40,42,44,49,51,55H,11-12,15-23,25-29H2,1-7H3/b10-8+,13-9+,31-14+,33-24+/t30-,32-,34-,35-,36-,38+,39+,40+,42+,44+,47+/m1/s1. The van der Waals surface area contributed by atoms with E-state index >= 15 is 0 Å². The lowest BCUT2D eigenvalue weighted by molar-refractivity contribution is -0.283. The quantitative estimate of drug-likeness (QED) is 0.201. The molecule has 4 heterocycles. The fourth-order valence-electron chi connectivity index (χ4n) is 8.92. The SMILES string of the molecule is C/C1=C\[C@@H](C)C(=O)C[C@@H]([C@H](C)CC2CCOCC2)OC(=O)[C@@H]2CCCCN2C(=O)C[C@]2(O)O[C@@H](CC[C@H]2C)C[C@H](O)/C(C)=C/C=C/C=C/[C@@H](C)C[C@@H](C)C(=O)C[C@@H]1O. The number of aliphatic hydroxyl groups excluding tert-OH is 2. The van der Waals surface area contributed by atoms with Crippen molar-refractivity contribution in [1.82, 2.24) is 4.90 Å². The molecule has 326 valence electrons. The van der Waals surface area contributed by atoms with E-state index in [0.717, 1.165) is 31.3 Å². The second kappa shape index (κ2) is 22.6. The highest BCUT2D eigenvalue weighted by Gasteiger charge is 2.46. The lowest BCUT2D eigenvalue weighted by atomic mass is 9.84. The summed E-state index contributed by atoms with van der Waals surface area (Å²) in [6.45, 7) is 14.8. The van der Waals surface area contributed by atoms with Crippen LogP contribution in [0.2, 0.25) is 0 Å². The lowest BCUT2D eigenvalue weighted by Gasteiger charge is -2.44. The van der Waals surface area contributed by atoms with Gasteiger partial charge in [-0.3, -0.25) is 14.4 Å². The molecule has 0 aromatic carbocycles. The molecule has 11 atom stereocenters. The van der Waals surface area contributed by atoms with Crippen molar-refractivity contribution in [3.8, 4) is 0 Å². The number of cyclic esters (lactones) is 1. The Kier molecular flexibility index (Phi) is 18.6. The number of carbonyl (C=O) groups excluding carboxylic acids is 4. The summed E-state index contributed by atoms with van der Waals surface area (Å²) < 4.78 is 18.1. The maximum absolute atomic E-state index is 14.2. The number of allylic oxidation sites excluding steroid dienone is 6. The normalized spacial score (nSPS) is 39.0. The van der Waals surface area contributed by atoms with Gasteiger partial charge in [-0.1, -0.05) is 71.1 Å². The van der Waals surface area contributed by atoms with Crippen LogP contribution in [0.1, 0.15) is 132 Å². The first-order valence-corrected chi connectivity index (χ1v) is 22.1. The fraction of sp³-hybridized carbons (Fsp3) is 0.745. The topological polar surface area (TPSA) is 160 Å². The summed E-state index contributed by atoms with van der Waals surface area (Å²) in [5, 5.41) is 33.9. The minimum absolute atomic E-state index is 0.0264. The number of nitrogens with zero attached hydrogens (tertiary/aromatic N) is 1. The van der Waals surface area contributed by atoms with Crippen LogP contribution in [0.3, 0.4) is 0 Å². The Morgan fingerprint density at radius 3 is 2.29 bits per heavy atom. The Morgan fingerprint density at radius 2 is 1.57 bits per heavy atom. The molecule has 11 heteroatoms. The van der Waals surface area contributed by atoms with Gasteiger partial charge in [0.2, 0.25) is 5.91 Å². The largest absolute Gasteiger partial charge is 0.460 e. The van der Waals surface area contributed by atoms with Crippen LogP contribution in [0.15, 0.2) is 47.6 Å². The van der Waals surface area contributed by atoms with E-state index in [1.807, 2.05) is 65.0 Å². The Balaban J connectivity index is 1.61. The highest BCUT2D eigenvalue weighted by atomic mass is 16.6. The van der Waals surface area contributed by atoms with E-state index in [2.05, 4.69) is 0 Å². The van der Waals surface area contributed by atoms with Crippen molar-refractivity contribution in [3.63, 3.8) is 0 Å². The zero-order valence-corrected chi connectivity index (χ0v) is 36.3. The van der Waals surface area contributed by atoms with Crippen LogP contribution in [0, 0.1) is 35.5 Å². The van der Waals surface area contributed by atoms with Gasteiger partial charge in [-0.15, -0.1) is 0 Å². The summed E-state index contributed by atoms with van der Waals surface area (Å²) >= 11 is 0. The molecule has 3 fully saturated rings. The third kappa shape index (κ3) is 14.1. The van der Waals surface area contributed by atoms with Gasteiger partial charge in [0, 0.05) is 56.8 Å². The molecule has 0 aromatic heterocycles. The third-order valence-corrected chi connectivity index (χ3v) is 13.2. The summed E-state index contributed by atoms with van der Waals surface area (Å²) in [6.07, 6.45) is 14.2. The van der Waals surface area contributed by atoms with E-state index in [9.17, 15) is 34.5 Å². The van der Waals surface area contributed by atoms with Crippen molar-refractivity contribution in [2.24, 2.45) is 35.5 Å². The molecular weight excluding hydrogens is 739 g/mol. The van der Waals surface area contributed by atoms with Gasteiger partial charge in [-0.05, 0) is 101 Å². The van der Waals surface area contributed by atoms with E-state index in [0.29, 0.717) is 63.4 Å². The van der Waals surface area contributed by atoms with Crippen molar-refractivity contribution < 1.29 is 48.7 Å². The number of ketones is 2. The van der Waals surface area contributed by atoms with Gasteiger partial charge in [-0.25, -0.2) is 4.79 Å². The van der Waals surface area contributed by atoms with Crippen LogP contribution in [0.4, 0.5) is 0 Å². The highest BCUT2D eigenvalue weighted by Crippen LogP contribution is 2.38. The zero-order chi connectivity index (χ0) is 42.6. The van der Waals surface area contributed by atoms with Crippen molar-refractivity contribution in [2.45, 2.75) is 168 Å². The van der Waals surface area contributed by atoms with Gasteiger partial charge in [0.25, 0.3) is 0 Å². The minimum Gasteiger partial charge on any atom is -0.460 e. The maximum atomic E-state index is 14.2. The van der Waals surface area contributed by atoms with Crippen LogP contribution in [-0.2, 0) is 33.4 Å². The third-order valence-electron chi connectivity index (χ3n) is 13.2. The number of fused-ring (bicyclic) bond motifs is 3. The molecule has 3 saturated heterocycles. The van der Waals surface area contributed by atoms with Crippen molar-refractivity contribution in [1.29, 1.82) is 0 Å². The molecule has 2 bridgehead atoms. The molecule has 0 aliphatic carbocycles. The Hall–Kier alpha value is -2.96. The molecule has 11 nitrogen and oxygen atoms in total. The van der Waals surface area contributed by atoms with Crippen molar-refractivity contribution >= 4 is 23.4 Å². The number of carbonyl (C=O) groups is 4. The molecule has 0 unspecified atom stereocenters. The Bertz CT molecular complexity index is 1510. The summed E-state index contributed by atoms with van der Waals surface area (Å²) in [5.74, 6) is -3.80. The fourth-order valence-corrected chi connectivity index (χ4v) is 8.92. The smallest absolute Gasteiger partial charge is 0.329 e. The predicted octanol–water partition coefficient (Wildman–Crippen LogP) is 6.97. The Morgan fingerprint density at radius 1 is 0.845 bits per heavy atom. The van der Waals surface area contributed by atoms with Gasteiger partial charge in [-0.2, -0.15) is 0 Å². The molecule has 4 aliphatic heterocycles. The van der Waals surface area contributed by atoms with Gasteiger partial charge >= 0.3 is 5.97 Å². The molecule has 1 amide bonds. The minimum atomic E-state index is -1.77.